The van der Waals surface area contributed by atoms with E-state index in [0.29, 0.717) is 13.0 Å². The highest BCUT2D eigenvalue weighted by atomic mass is 32.1. The summed E-state index contributed by atoms with van der Waals surface area (Å²) in [5.41, 5.74) is 0. The maximum absolute atomic E-state index is 11.4. The van der Waals surface area contributed by atoms with E-state index in [1.165, 1.54) is 4.88 Å². The fourth-order valence-electron chi connectivity index (χ4n) is 1.34. The van der Waals surface area contributed by atoms with Crippen molar-refractivity contribution in [3.05, 3.63) is 16.1 Å². The fraction of sp³-hybridized carbons (Fsp3) is 0.636. The zero-order valence-electron chi connectivity index (χ0n) is 10.2. The van der Waals surface area contributed by atoms with Crippen molar-refractivity contribution in [3.63, 3.8) is 0 Å². The lowest BCUT2D eigenvalue weighted by atomic mass is 10.2. The number of urea groups is 1. The lowest BCUT2D eigenvalue weighted by molar-refractivity contribution is 0.231. The number of thiazole rings is 1. The Bertz CT molecular complexity index is 354. The smallest absolute Gasteiger partial charge is 0.315 e. The Balaban J connectivity index is 2.16. The minimum atomic E-state index is -0.195. The van der Waals surface area contributed by atoms with Crippen LogP contribution < -0.4 is 10.6 Å². The van der Waals surface area contributed by atoms with Crippen LogP contribution in [0.2, 0.25) is 0 Å². The maximum Gasteiger partial charge on any atom is 0.315 e. The van der Waals surface area contributed by atoms with Crippen molar-refractivity contribution in [2.24, 2.45) is 0 Å². The molecule has 1 atom stereocenters. The van der Waals surface area contributed by atoms with Gasteiger partial charge in [-0.2, -0.15) is 0 Å². The third-order valence-corrected chi connectivity index (χ3v) is 3.21. The largest absolute Gasteiger partial charge is 0.396 e. The number of aromatic nitrogens is 1. The molecule has 0 radical (unpaired) electrons. The van der Waals surface area contributed by atoms with E-state index in [2.05, 4.69) is 15.6 Å². The predicted molar refractivity (Wildman–Crippen MR) is 68.3 cm³/mol. The van der Waals surface area contributed by atoms with Gasteiger partial charge in [0.05, 0.1) is 5.01 Å². The van der Waals surface area contributed by atoms with Crippen molar-refractivity contribution in [1.29, 1.82) is 0 Å². The molecular weight excluding hydrogens is 238 g/mol. The zero-order valence-corrected chi connectivity index (χ0v) is 11.0. The minimum absolute atomic E-state index is 0.0119. The van der Waals surface area contributed by atoms with E-state index in [4.69, 9.17) is 5.11 Å². The third kappa shape index (κ3) is 5.65. The zero-order chi connectivity index (χ0) is 12.7. The monoisotopic (exact) mass is 257 g/mol. The molecule has 17 heavy (non-hydrogen) atoms. The molecule has 2 amide bonds. The number of hydrogen-bond donors (Lipinski definition) is 3. The molecule has 0 unspecified atom stereocenters. The van der Waals surface area contributed by atoms with Crippen LogP contribution in [0.15, 0.2) is 6.20 Å². The van der Waals surface area contributed by atoms with E-state index in [1.54, 1.807) is 11.3 Å². The molecule has 1 heterocycles. The first-order chi connectivity index (χ1) is 8.11. The summed E-state index contributed by atoms with van der Waals surface area (Å²) >= 11 is 1.65. The predicted octanol–water partition coefficient (Wildman–Crippen LogP) is 1.06. The first-order valence-electron chi connectivity index (χ1n) is 5.68. The number of amides is 2. The van der Waals surface area contributed by atoms with Gasteiger partial charge in [0.1, 0.15) is 0 Å². The molecule has 0 fully saturated rings. The number of aryl methyl sites for hydroxylation is 1. The number of rotatable bonds is 6. The molecule has 3 N–H and O–H groups in total. The molecule has 0 aromatic carbocycles. The van der Waals surface area contributed by atoms with Crippen LogP contribution in [0, 0.1) is 6.92 Å². The minimum Gasteiger partial charge on any atom is -0.396 e. The molecule has 0 aliphatic heterocycles. The van der Waals surface area contributed by atoms with Crippen molar-refractivity contribution in [3.8, 4) is 0 Å². The van der Waals surface area contributed by atoms with Gasteiger partial charge in [0.15, 0.2) is 0 Å². The van der Waals surface area contributed by atoms with E-state index in [-0.39, 0.29) is 18.7 Å². The summed E-state index contributed by atoms with van der Waals surface area (Å²) in [6.07, 6.45) is 3.16. The van der Waals surface area contributed by atoms with Gasteiger partial charge in [-0.15, -0.1) is 11.3 Å². The number of nitrogens with zero attached hydrogens (tertiary/aromatic N) is 1. The molecule has 0 bridgehead atoms. The van der Waals surface area contributed by atoms with E-state index in [0.717, 1.165) is 11.4 Å². The summed E-state index contributed by atoms with van der Waals surface area (Å²) in [6, 6.07) is -0.207. The molecule has 0 saturated carbocycles. The third-order valence-electron chi connectivity index (χ3n) is 2.23. The second-order valence-electron chi connectivity index (χ2n) is 3.93. The number of carbonyl (C=O) groups excluding carboxylic acids is 1. The van der Waals surface area contributed by atoms with Gasteiger partial charge in [-0.25, -0.2) is 9.78 Å². The van der Waals surface area contributed by atoms with Gasteiger partial charge in [0, 0.05) is 36.7 Å². The summed E-state index contributed by atoms with van der Waals surface area (Å²) in [6.45, 7) is 4.53. The highest BCUT2D eigenvalue weighted by Crippen LogP contribution is 2.10. The molecule has 6 heteroatoms. The van der Waals surface area contributed by atoms with Crippen molar-refractivity contribution >= 4 is 17.4 Å². The molecule has 0 aliphatic rings. The number of carbonyl (C=O) groups is 1. The molecule has 0 spiro atoms. The average molecular weight is 257 g/mol. The van der Waals surface area contributed by atoms with Crippen LogP contribution in [0.1, 0.15) is 23.2 Å². The highest BCUT2D eigenvalue weighted by molar-refractivity contribution is 7.11. The highest BCUT2D eigenvalue weighted by Gasteiger charge is 2.06. The molecular formula is C11H19N3O2S. The Morgan fingerprint density at radius 1 is 1.65 bits per heavy atom. The number of hydrogen-bond acceptors (Lipinski definition) is 4. The molecule has 96 valence electrons. The van der Waals surface area contributed by atoms with E-state index in [9.17, 15) is 4.79 Å². The van der Waals surface area contributed by atoms with E-state index >= 15 is 0 Å². The van der Waals surface area contributed by atoms with Crippen molar-refractivity contribution in [2.45, 2.75) is 32.7 Å². The second-order valence-corrected chi connectivity index (χ2v) is 5.25. The van der Waals surface area contributed by atoms with Crippen LogP contribution in [-0.2, 0) is 6.42 Å². The molecule has 1 rings (SSSR count). The first-order valence-corrected chi connectivity index (χ1v) is 6.50. The van der Waals surface area contributed by atoms with Crippen LogP contribution in [0.25, 0.3) is 0 Å². The average Bonchev–Trinajstić information content (AvgIpc) is 2.64. The molecule has 1 aromatic heterocycles. The summed E-state index contributed by atoms with van der Waals surface area (Å²) in [7, 11) is 0. The fourth-order valence-corrected chi connectivity index (χ4v) is 2.13. The Morgan fingerprint density at radius 3 is 3.00 bits per heavy atom. The Morgan fingerprint density at radius 2 is 2.41 bits per heavy atom. The van der Waals surface area contributed by atoms with E-state index in [1.807, 2.05) is 20.0 Å². The summed E-state index contributed by atoms with van der Waals surface area (Å²) in [5, 5.41) is 15.2. The van der Waals surface area contributed by atoms with Gasteiger partial charge < -0.3 is 15.7 Å². The van der Waals surface area contributed by atoms with Crippen molar-refractivity contribution < 1.29 is 9.90 Å². The molecule has 5 nitrogen and oxygen atoms in total. The Labute approximate surface area is 105 Å². The summed E-state index contributed by atoms with van der Waals surface area (Å²) in [5.74, 6) is 0. The molecule has 1 aromatic rings. The topological polar surface area (TPSA) is 74.2 Å². The van der Waals surface area contributed by atoms with Gasteiger partial charge in [0.2, 0.25) is 0 Å². The normalized spacial score (nSPS) is 12.2. The van der Waals surface area contributed by atoms with Crippen molar-refractivity contribution in [2.75, 3.05) is 13.2 Å². The van der Waals surface area contributed by atoms with Crippen LogP contribution in [0.3, 0.4) is 0 Å². The summed E-state index contributed by atoms with van der Waals surface area (Å²) in [4.78, 5) is 16.8. The summed E-state index contributed by atoms with van der Waals surface area (Å²) < 4.78 is 0. The van der Waals surface area contributed by atoms with Gasteiger partial charge in [0.25, 0.3) is 0 Å². The van der Waals surface area contributed by atoms with Crippen LogP contribution in [0.5, 0.6) is 0 Å². The molecule has 0 aliphatic carbocycles. The second kappa shape index (κ2) is 7.24. The number of aliphatic hydroxyl groups excluding tert-OH is 1. The van der Waals surface area contributed by atoms with Gasteiger partial charge in [-0.05, 0) is 20.3 Å². The van der Waals surface area contributed by atoms with Crippen LogP contribution in [0.4, 0.5) is 4.79 Å². The SMILES string of the molecule is Cc1cnc(CCNC(=O)N[C@H](C)CCO)s1. The maximum atomic E-state index is 11.4. The van der Waals surface area contributed by atoms with E-state index < -0.39 is 0 Å². The van der Waals surface area contributed by atoms with Gasteiger partial charge >= 0.3 is 6.03 Å². The molecule has 0 saturated heterocycles. The quantitative estimate of drug-likeness (QED) is 0.713. The number of aliphatic hydroxyl groups is 1. The van der Waals surface area contributed by atoms with Crippen molar-refractivity contribution in [1.82, 2.24) is 15.6 Å². The van der Waals surface area contributed by atoms with Gasteiger partial charge in [-0.3, -0.25) is 0 Å². The lowest BCUT2D eigenvalue weighted by Gasteiger charge is -2.12. The van der Waals surface area contributed by atoms with Gasteiger partial charge in [-0.1, -0.05) is 0 Å². The van der Waals surface area contributed by atoms with Crippen LogP contribution >= 0.6 is 11.3 Å². The lowest BCUT2D eigenvalue weighted by Crippen LogP contribution is -2.41. The standard InChI is InChI=1S/C11H19N3O2S/c1-8(4-6-15)14-11(16)12-5-3-10-13-7-9(2)17-10/h7-8,15H,3-6H2,1-2H3,(H2,12,14,16)/t8-/m1/s1. The number of nitrogens with one attached hydrogen (secondary N) is 2. The Kier molecular flexibility index (Phi) is 5.93. The Hall–Kier alpha value is -1.14. The first kappa shape index (κ1) is 13.9. The van der Waals surface area contributed by atoms with Crippen LogP contribution in [-0.4, -0.2) is 35.3 Å².